The molecule has 1 aromatic carbocycles. The van der Waals surface area contributed by atoms with Gasteiger partial charge in [-0.3, -0.25) is 14.9 Å². The summed E-state index contributed by atoms with van der Waals surface area (Å²) in [6.45, 7) is 10.5. The number of esters is 1. The number of nitro benzene ring substituents is 1. The molecule has 0 bridgehead atoms. The second-order valence-corrected chi connectivity index (χ2v) is 11.2. The third-order valence-electron chi connectivity index (χ3n) is 4.69. The zero-order valence-electron chi connectivity index (χ0n) is 22.7. The lowest BCUT2D eigenvalue weighted by molar-refractivity contribution is -0.385. The minimum Gasteiger partial charge on any atom is -0.460 e. The molecule has 0 spiro atoms. The van der Waals surface area contributed by atoms with Gasteiger partial charge in [-0.1, -0.05) is 0 Å². The number of benzene rings is 1. The summed E-state index contributed by atoms with van der Waals surface area (Å²) in [5, 5.41) is 14.3. The van der Waals surface area contributed by atoms with Crippen LogP contribution in [0.1, 0.15) is 59.1 Å². The molecule has 0 unspecified atom stereocenters. The zero-order chi connectivity index (χ0) is 29.1. The predicted octanol–water partition coefficient (Wildman–Crippen LogP) is 5.18. The molecule has 0 saturated carbocycles. The number of alkyl halides is 2. The van der Waals surface area contributed by atoms with Crippen LogP contribution in [0.25, 0.3) is 0 Å². The van der Waals surface area contributed by atoms with E-state index < -0.39 is 40.3 Å². The van der Waals surface area contributed by atoms with Crippen molar-refractivity contribution in [1.82, 2.24) is 10.2 Å². The van der Waals surface area contributed by atoms with Crippen molar-refractivity contribution in [3.63, 3.8) is 0 Å². The average Bonchev–Trinajstić information content (AvgIpc) is 2.74. The van der Waals surface area contributed by atoms with Crippen LogP contribution in [0.4, 0.5) is 15.3 Å². The number of alkyl carbamates (subject to hydrolysis) is 1. The van der Waals surface area contributed by atoms with Crippen LogP contribution in [0.5, 0.6) is 0 Å². The van der Waals surface area contributed by atoms with Gasteiger partial charge < -0.3 is 24.4 Å². The van der Waals surface area contributed by atoms with Crippen molar-refractivity contribution < 1.29 is 33.5 Å². The number of ether oxygens (including phenoxy) is 3. The van der Waals surface area contributed by atoms with E-state index in [0.717, 1.165) is 0 Å². The second kappa shape index (κ2) is 15.0. The third kappa shape index (κ3) is 13.1. The van der Waals surface area contributed by atoms with E-state index in [4.69, 9.17) is 37.4 Å². The number of rotatable bonds is 12. The van der Waals surface area contributed by atoms with E-state index in [2.05, 4.69) is 5.32 Å². The number of halogens is 2. The molecule has 0 aliphatic rings. The topological polar surface area (TPSA) is 137 Å². The standard InChI is InChI=1S/C25H37Cl2N3O8/c1-24(2,3)37-21(31)15-19(28-22(32)38-25(4,5)6)14-18-13-17(7-8-20(18)30(34)35)16-36-23(33)29(11-9-26)12-10-27/h7-8,13,19H,9-12,14-16H2,1-6H3,(H,28,32)/t19-/m1/s1. The Bertz CT molecular complexity index is 940. The fourth-order valence-corrected chi connectivity index (χ4v) is 3.71. The van der Waals surface area contributed by atoms with E-state index in [1.807, 2.05) is 0 Å². The van der Waals surface area contributed by atoms with Gasteiger partial charge in [0.1, 0.15) is 17.8 Å². The van der Waals surface area contributed by atoms with E-state index in [0.29, 0.717) is 5.56 Å². The number of carbonyl (C=O) groups excluding carboxylic acids is 3. The summed E-state index contributed by atoms with van der Waals surface area (Å²) < 4.78 is 16.0. The number of carbonyl (C=O) groups is 3. The molecule has 0 heterocycles. The lowest BCUT2D eigenvalue weighted by atomic mass is 9.99. The first-order chi connectivity index (χ1) is 17.5. The van der Waals surface area contributed by atoms with Gasteiger partial charge in [-0.2, -0.15) is 0 Å². The van der Waals surface area contributed by atoms with Crippen molar-refractivity contribution in [2.24, 2.45) is 0 Å². The summed E-state index contributed by atoms with van der Waals surface area (Å²) in [7, 11) is 0. The number of hydrogen-bond donors (Lipinski definition) is 1. The summed E-state index contributed by atoms with van der Waals surface area (Å²) in [5.74, 6) is -0.181. The van der Waals surface area contributed by atoms with Crippen molar-refractivity contribution in [2.75, 3.05) is 24.8 Å². The molecule has 1 rings (SSSR count). The van der Waals surface area contributed by atoms with Crippen molar-refractivity contribution in [3.8, 4) is 0 Å². The van der Waals surface area contributed by atoms with E-state index in [-0.39, 0.29) is 55.5 Å². The zero-order valence-corrected chi connectivity index (χ0v) is 24.2. The largest absolute Gasteiger partial charge is 0.460 e. The number of hydrogen-bond acceptors (Lipinski definition) is 8. The Morgan fingerprint density at radius 3 is 2.11 bits per heavy atom. The molecule has 0 aliphatic heterocycles. The Hall–Kier alpha value is -2.79. The Balaban J connectivity index is 3.18. The smallest absolute Gasteiger partial charge is 0.410 e. The molecule has 2 amide bonds. The van der Waals surface area contributed by atoms with Gasteiger partial charge in [-0.25, -0.2) is 9.59 Å². The highest BCUT2D eigenvalue weighted by Gasteiger charge is 2.27. The molecule has 0 fully saturated rings. The van der Waals surface area contributed by atoms with Crippen LogP contribution < -0.4 is 5.32 Å². The maximum absolute atomic E-state index is 12.5. The Morgan fingerprint density at radius 2 is 1.61 bits per heavy atom. The van der Waals surface area contributed by atoms with Gasteiger partial charge in [0.15, 0.2) is 0 Å². The molecule has 1 atom stereocenters. The van der Waals surface area contributed by atoms with Crippen LogP contribution in [-0.2, 0) is 32.0 Å². The normalized spacial score (nSPS) is 12.3. The summed E-state index contributed by atoms with van der Waals surface area (Å²) in [5.41, 5.74) is -1.07. The predicted molar refractivity (Wildman–Crippen MR) is 144 cm³/mol. The molecule has 0 aliphatic carbocycles. The maximum atomic E-state index is 12.5. The van der Waals surface area contributed by atoms with Crippen LogP contribution in [0.15, 0.2) is 18.2 Å². The fourth-order valence-electron chi connectivity index (χ4n) is 3.30. The summed E-state index contributed by atoms with van der Waals surface area (Å²) in [6.07, 6.45) is -1.74. The Labute approximate surface area is 233 Å². The number of nitrogens with zero attached hydrogens (tertiary/aromatic N) is 2. The fraction of sp³-hybridized carbons (Fsp3) is 0.640. The lowest BCUT2D eigenvalue weighted by Gasteiger charge is -2.25. The average molecular weight is 578 g/mol. The minimum absolute atomic E-state index is 0.0821. The quantitative estimate of drug-likeness (QED) is 0.118. The Morgan fingerprint density at radius 1 is 1.03 bits per heavy atom. The molecule has 0 aromatic heterocycles. The molecule has 1 aromatic rings. The third-order valence-corrected chi connectivity index (χ3v) is 5.03. The summed E-state index contributed by atoms with van der Waals surface area (Å²) in [4.78, 5) is 49.9. The van der Waals surface area contributed by atoms with Gasteiger partial charge in [0.2, 0.25) is 0 Å². The van der Waals surface area contributed by atoms with Crippen molar-refractivity contribution in [1.29, 1.82) is 0 Å². The van der Waals surface area contributed by atoms with E-state index in [9.17, 15) is 24.5 Å². The van der Waals surface area contributed by atoms with Gasteiger partial charge in [-0.15, -0.1) is 23.2 Å². The SMILES string of the molecule is CC(C)(C)OC(=O)C[C@@H](Cc1cc(COC(=O)N(CCCl)CCCl)ccc1[N+](=O)[O-])NC(=O)OC(C)(C)C. The van der Waals surface area contributed by atoms with Gasteiger partial charge in [0, 0.05) is 48.9 Å². The van der Waals surface area contributed by atoms with Gasteiger partial charge >= 0.3 is 18.2 Å². The minimum atomic E-state index is -0.876. The first-order valence-electron chi connectivity index (χ1n) is 12.1. The number of amides is 2. The molecule has 0 saturated heterocycles. The highest BCUT2D eigenvalue weighted by molar-refractivity contribution is 6.18. The molecule has 0 radical (unpaired) electrons. The first-order valence-corrected chi connectivity index (χ1v) is 13.1. The summed E-state index contributed by atoms with van der Waals surface area (Å²) >= 11 is 11.4. The van der Waals surface area contributed by atoms with Crippen LogP contribution in [0, 0.1) is 10.1 Å². The highest BCUT2D eigenvalue weighted by atomic mass is 35.5. The number of nitrogens with one attached hydrogen (secondary N) is 1. The van der Waals surface area contributed by atoms with E-state index in [1.165, 1.54) is 23.1 Å². The molecule has 214 valence electrons. The molecule has 11 nitrogen and oxygen atoms in total. The molecule has 13 heteroatoms. The number of nitro groups is 1. The van der Waals surface area contributed by atoms with Crippen molar-refractivity contribution >= 4 is 47.0 Å². The van der Waals surface area contributed by atoms with Gasteiger partial charge in [0.25, 0.3) is 5.69 Å². The molecular formula is C25H37Cl2N3O8. The van der Waals surface area contributed by atoms with E-state index >= 15 is 0 Å². The lowest BCUT2D eigenvalue weighted by Crippen LogP contribution is -2.42. The summed E-state index contributed by atoms with van der Waals surface area (Å²) in [6, 6.07) is 3.37. The molecule has 1 N–H and O–H groups in total. The van der Waals surface area contributed by atoms with Gasteiger partial charge in [-0.05, 0) is 59.2 Å². The van der Waals surface area contributed by atoms with Crippen LogP contribution in [-0.4, -0.2) is 70.1 Å². The van der Waals surface area contributed by atoms with E-state index in [1.54, 1.807) is 41.5 Å². The Kier molecular flexibility index (Phi) is 13.1. The molecular weight excluding hydrogens is 541 g/mol. The van der Waals surface area contributed by atoms with Crippen molar-refractivity contribution in [3.05, 3.63) is 39.4 Å². The van der Waals surface area contributed by atoms with Crippen LogP contribution in [0.2, 0.25) is 0 Å². The monoisotopic (exact) mass is 577 g/mol. The molecule has 38 heavy (non-hydrogen) atoms. The maximum Gasteiger partial charge on any atom is 0.410 e. The highest BCUT2D eigenvalue weighted by Crippen LogP contribution is 2.24. The first kappa shape index (κ1) is 33.2. The van der Waals surface area contributed by atoms with Crippen LogP contribution in [0.3, 0.4) is 0 Å². The second-order valence-electron chi connectivity index (χ2n) is 10.5. The van der Waals surface area contributed by atoms with Gasteiger partial charge in [0.05, 0.1) is 11.3 Å². The van der Waals surface area contributed by atoms with Crippen molar-refractivity contribution in [2.45, 2.75) is 78.2 Å². The van der Waals surface area contributed by atoms with Crippen LogP contribution >= 0.6 is 23.2 Å².